The first kappa shape index (κ1) is 7390. The molecule has 0 spiro atoms. The van der Waals surface area contributed by atoms with Crippen LogP contribution >= 0.6 is 0 Å². The molecule has 0 aromatic heterocycles. The fourth-order valence-corrected chi connectivity index (χ4v) is 0.813. The van der Waals surface area contributed by atoms with Gasteiger partial charge in [-0.1, -0.05) is 0 Å². The minimum atomic E-state index is -0.211. The fraction of sp³-hybridized carbons (Fsp3) is 0.750. The van der Waals surface area contributed by atoms with Crippen molar-refractivity contribution in [1.29, 1.82) is 0 Å². The van der Waals surface area contributed by atoms with Crippen LogP contribution in [0.5, 0.6) is 0 Å². The van der Waals surface area contributed by atoms with Crippen molar-refractivity contribution < 1.29 is 564 Å². The average Bonchev–Trinajstić information content (AvgIpc) is 2.39. The van der Waals surface area contributed by atoms with Crippen molar-refractivity contribution >= 4 is 23.9 Å². The molecule has 0 bridgehead atoms. The maximum atomic E-state index is 9.82. The maximum Gasteiger partial charge on any atom is 0.302 e. The van der Waals surface area contributed by atoms with Crippen LogP contribution in [0.2, 0.25) is 0 Å². The molecule has 0 rings (SSSR count). The Kier molecular flexibility index (Phi) is 443000. The summed E-state index contributed by atoms with van der Waals surface area (Å²) in [5.74, 6) is -0.843. The Morgan fingerprint density at radius 2 is 0.125 bits per heavy atom. The second-order valence-electron chi connectivity index (χ2n) is 3.70. The van der Waals surface area contributed by atoms with E-state index in [-0.39, 0.29) is 550 Å². The summed E-state index contributed by atoms with van der Waals surface area (Å²) in [4.78, 5) is 39.3. The van der Waals surface area contributed by atoms with Gasteiger partial charge in [-0.15, -0.1) is 0 Å². The quantitative estimate of drug-likeness (QED) is 0.192. The van der Waals surface area contributed by atoms with E-state index in [0.717, 1.165) is 0 Å². The first-order valence-electron chi connectivity index (χ1n) is 7.62. The van der Waals surface area contributed by atoms with Gasteiger partial charge in [0.15, 0.2) is 0 Å². The molecule has 104 nitrogen and oxygen atoms in total. The first-order valence-corrected chi connectivity index (χ1v) is 7.62. The van der Waals surface area contributed by atoms with Crippen LogP contribution in [-0.2, 0) is 38.1 Å². The third kappa shape index (κ3) is 37900. The van der Waals surface area contributed by atoms with Crippen molar-refractivity contribution in [2.45, 2.75) is 55.4 Å². The Bertz CT molecular complexity index is 308. The molecular weight excluding hydrogens is 1860 g/mol. The zero-order valence-electron chi connectivity index (χ0n) is 64.1. The highest BCUT2D eigenvalue weighted by molar-refractivity contribution is 5.66. The van der Waals surface area contributed by atoms with Gasteiger partial charge in [-0.3, -0.25) is 19.2 Å². The molecular formula is C16H224O104. The van der Waals surface area contributed by atoms with E-state index < -0.39 is 0 Å². The van der Waals surface area contributed by atoms with Crippen molar-refractivity contribution in [3.05, 3.63) is 0 Å². The van der Waals surface area contributed by atoms with Gasteiger partial charge in [-0.25, -0.2) is 0 Å². The van der Waals surface area contributed by atoms with Gasteiger partial charge in [0.2, 0.25) is 0 Å². The molecule has 0 saturated heterocycles. The molecule has 0 aromatic carbocycles. The minimum absolute atomic E-state index is 0. The monoisotopic (exact) mass is 2080 g/mol. The van der Waals surface area contributed by atoms with Crippen LogP contribution < -0.4 is 0 Å². The number of esters is 4. The SMILES string of the molecule is CCOC(C)=O.CCOC(C)=O.CCOC(C)=O.CCOC(C)=O.O.O.O.O.O.O.O.O.O.O.O.O.O.O.O.O.O.O.O.O.O.O.O.O.O.O.O.O.O.O.O.O.O.O.O.O.O.O.O.O.O.O.O.O.O.O.O.O.O.O.O.O.O.O.O.O.O.O.O.O.O.O.O.O.O.O.O.O.O.O.O.O.O.O.O.O.O.O.O.O.O.O.O.O.O.O.O.O.O.O.O.O.O.O.O.O. The van der Waals surface area contributed by atoms with Crippen molar-refractivity contribution in [3.8, 4) is 0 Å². The van der Waals surface area contributed by atoms with Crippen LogP contribution in [0.25, 0.3) is 0 Å². The van der Waals surface area contributed by atoms with Gasteiger partial charge in [-0.05, 0) is 27.7 Å². The van der Waals surface area contributed by atoms with Gasteiger partial charge in [0, 0.05) is 27.7 Å². The van der Waals surface area contributed by atoms with Gasteiger partial charge in [0.25, 0.3) is 0 Å². The molecule has 0 unspecified atom stereocenters. The number of rotatable bonds is 4. The molecule has 104 heteroatoms. The molecule has 0 radical (unpaired) electrons. The molecule has 0 aliphatic carbocycles. The second-order valence-corrected chi connectivity index (χ2v) is 3.70. The summed E-state index contributed by atoms with van der Waals surface area (Å²) in [6.45, 7) is 14.6. The largest absolute Gasteiger partial charge is 0.466 e. The first-order chi connectivity index (χ1) is 11.1. The molecule has 0 fully saturated rings. The van der Waals surface area contributed by atoms with Gasteiger partial charge in [0.05, 0.1) is 26.4 Å². The van der Waals surface area contributed by atoms with Crippen LogP contribution in [0.1, 0.15) is 55.4 Å². The van der Waals surface area contributed by atoms with E-state index in [2.05, 4.69) is 18.9 Å². The van der Waals surface area contributed by atoms with E-state index in [9.17, 15) is 19.2 Å². The predicted molar refractivity (Wildman–Crippen MR) is 436 cm³/mol. The van der Waals surface area contributed by atoms with E-state index in [1.54, 1.807) is 27.7 Å². The average molecular weight is 2080 g/mol. The highest BCUT2D eigenvalue weighted by atomic mass is 16.5. The van der Waals surface area contributed by atoms with Crippen molar-refractivity contribution in [3.63, 3.8) is 0 Å². The minimum Gasteiger partial charge on any atom is -0.466 e. The number of carbonyl (C=O) groups excluding carboxylic acids is 4. The Morgan fingerprint density at radius 1 is 0.100 bits per heavy atom. The molecule has 0 aliphatic heterocycles. The van der Waals surface area contributed by atoms with E-state index in [0.29, 0.717) is 26.4 Å². The summed E-state index contributed by atoms with van der Waals surface area (Å²) in [5.41, 5.74) is 0. The Labute approximate surface area is 670 Å². The molecule has 0 atom stereocenters. The Morgan fingerprint density at radius 3 is 0.125 bits per heavy atom. The summed E-state index contributed by atoms with van der Waals surface area (Å²) < 4.78 is 17.6. The third-order valence-corrected chi connectivity index (χ3v) is 1.39. The summed E-state index contributed by atoms with van der Waals surface area (Å²) in [7, 11) is 0. The second kappa shape index (κ2) is 7200. The molecule has 912 valence electrons. The Hall–Kier alpha value is -5.96. The predicted octanol–water partition coefficient (Wildman–Crippen LogP) is -76.9. The molecule has 120 heavy (non-hydrogen) atoms. The van der Waals surface area contributed by atoms with Crippen LogP contribution in [-0.4, -0.2) is 576 Å². The van der Waals surface area contributed by atoms with Crippen LogP contribution in [0.3, 0.4) is 0 Å². The number of hydrogen-bond donors (Lipinski definition) is 0. The standard InChI is InChI=1S/4C4H8O2.96H2O/c4*1-3-6-4(2)5;;;;;;;;;;;;;;;;;;;;;;;;;;;;;;;;;;;;;;;;;;;;;;;;;;;;;;;;;;;;;;;;;;;;;;;;;;;;;;;;;;;;;;;;;;;;;;;;/h4*3H2,1-2H3;96*1H2. The molecule has 0 aliphatic rings. The smallest absolute Gasteiger partial charge is 0.302 e. The van der Waals surface area contributed by atoms with E-state index in [1.165, 1.54) is 27.7 Å². The van der Waals surface area contributed by atoms with Gasteiger partial charge in [-0.2, -0.15) is 0 Å². The van der Waals surface area contributed by atoms with E-state index in [4.69, 9.17) is 0 Å². The van der Waals surface area contributed by atoms with Gasteiger partial charge in [0.1, 0.15) is 0 Å². The summed E-state index contributed by atoms with van der Waals surface area (Å²) >= 11 is 0. The summed E-state index contributed by atoms with van der Waals surface area (Å²) in [6, 6.07) is 0. The number of hydrogen-bond acceptors (Lipinski definition) is 8. The third-order valence-electron chi connectivity index (χ3n) is 1.39. The maximum absolute atomic E-state index is 9.82. The van der Waals surface area contributed by atoms with Crippen LogP contribution in [0.15, 0.2) is 0 Å². The lowest BCUT2D eigenvalue weighted by molar-refractivity contribution is -0.141. The lowest BCUT2D eigenvalue weighted by atomic mass is 10.8. The highest BCUT2D eigenvalue weighted by Crippen LogP contribution is 1.71. The van der Waals surface area contributed by atoms with Crippen molar-refractivity contribution in [2.75, 3.05) is 26.4 Å². The molecule has 0 amide bonds. The molecule has 192 N–H and O–H groups in total. The zero-order valence-corrected chi connectivity index (χ0v) is 64.1. The van der Waals surface area contributed by atoms with Crippen molar-refractivity contribution in [2.24, 2.45) is 0 Å². The number of ether oxygens (including phenoxy) is 4. The summed E-state index contributed by atoms with van der Waals surface area (Å²) in [5, 5.41) is 0. The van der Waals surface area contributed by atoms with Crippen molar-refractivity contribution in [1.82, 2.24) is 0 Å². The molecule has 0 heterocycles. The van der Waals surface area contributed by atoms with E-state index >= 15 is 0 Å². The highest BCUT2D eigenvalue weighted by Gasteiger charge is 1.83. The van der Waals surface area contributed by atoms with E-state index in [1.807, 2.05) is 0 Å². The van der Waals surface area contributed by atoms with Gasteiger partial charge >= 0.3 is 23.9 Å². The number of carbonyl (C=O) groups is 4. The lowest BCUT2D eigenvalue weighted by Gasteiger charge is -1.89. The topological polar surface area (TPSA) is 3130 Å². The van der Waals surface area contributed by atoms with Gasteiger partial charge < -0.3 is 545 Å². The fourth-order valence-electron chi connectivity index (χ4n) is 0.813. The molecule has 0 saturated carbocycles. The van der Waals surface area contributed by atoms with Crippen LogP contribution in [0, 0.1) is 0 Å². The normalized spacial score (nSPS) is 1.53. The zero-order chi connectivity index (χ0) is 20.0. The van der Waals surface area contributed by atoms with Crippen LogP contribution in [0.4, 0.5) is 0 Å². The summed E-state index contributed by atoms with van der Waals surface area (Å²) in [6.07, 6.45) is 0. The molecule has 0 aromatic rings. The Balaban J connectivity index is -0.000000000358. The lowest BCUT2D eigenvalue weighted by Crippen LogP contribution is -1.95.